The van der Waals surface area contributed by atoms with Crippen molar-refractivity contribution in [2.45, 2.75) is 39.3 Å². The van der Waals surface area contributed by atoms with Crippen molar-refractivity contribution in [1.82, 2.24) is 4.90 Å². The lowest BCUT2D eigenvalue weighted by atomic mass is 10.1. The van der Waals surface area contributed by atoms with Gasteiger partial charge in [-0.25, -0.2) is 8.42 Å². The van der Waals surface area contributed by atoms with Crippen LogP contribution in [0.15, 0.2) is 57.7 Å². The first kappa shape index (κ1) is 23.0. The maximum absolute atomic E-state index is 13.5. The van der Waals surface area contributed by atoms with Gasteiger partial charge in [-0.3, -0.25) is 9.59 Å². The highest BCUT2D eigenvalue weighted by atomic mass is 32.2. The summed E-state index contributed by atoms with van der Waals surface area (Å²) in [4.78, 5) is 27.7. The van der Waals surface area contributed by atoms with E-state index in [1.807, 2.05) is 44.2 Å². The lowest BCUT2D eigenvalue weighted by molar-refractivity contribution is 0.0648. The number of rotatable bonds is 7. The van der Waals surface area contributed by atoms with Gasteiger partial charge in [0.2, 0.25) is 0 Å². The fraction of sp³-hybridized carbons (Fsp3) is 0.360. The first-order chi connectivity index (χ1) is 15.8. The number of fused-ring (bicyclic) bond motifs is 1. The predicted molar refractivity (Wildman–Crippen MR) is 126 cm³/mol. The van der Waals surface area contributed by atoms with Crippen molar-refractivity contribution in [3.05, 3.63) is 75.6 Å². The summed E-state index contributed by atoms with van der Waals surface area (Å²) in [6.07, 6.45) is 1.25. The third-order valence-electron chi connectivity index (χ3n) is 5.82. The van der Waals surface area contributed by atoms with Crippen molar-refractivity contribution < 1.29 is 22.4 Å². The van der Waals surface area contributed by atoms with Gasteiger partial charge in [0, 0.05) is 18.7 Å². The molecule has 33 heavy (non-hydrogen) atoms. The standard InChI is InChI=1S/C25H27NO6S/c1-3-12-31-20-9-7-18(8-10-20)15-26(19-11-13-33(29,30)16-19)25(28)23-14-22(27)21-6-4-5-17(2)24(21)32-23/h4-10,14,19H,3,11-13,15-16H2,1-2H3. The Morgan fingerprint density at radius 3 is 2.61 bits per heavy atom. The molecular formula is C25H27NO6S. The molecule has 2 aromatic carbocycles. The number of hydrogen-bond acceptors (Lipinski definition) is 6. The van der Waals surface area contributed by atoms with Gasteiger partial charge in [0.25, 0.3) is 5.91 Å². The molecule has 1 unspecified atom stereocenters. The Hall–Kier alpha value is -3.13. The molecule has 174 valence electrons. The van der Waals surface area contributed by atoms with Gasteiger partial charge in [-0.05, 0) is 49.1 Å². The summed E-state index contributed by atoms with van der Waals surface area (Å²) in [7, 11) is -3.22. The van der Waals surface area contributed by atoms with Crippen LogP contribution >= 0.6 is 0 Å². The summed E-state index contributed by atoms with van der Waals surface area (Å²) in [6.45, 7) is 4.65. The molecule has 0 N–H and O–H groups in total. The summed E-state index contributed by atoms with van der Waals surface area (Å²) in [6, 6.07) is 13.3. The molecule has 3 aromatic rings. The molecule has 1 aliphatic heterocycles. The molecule has 1 atom stereocenters. The monoisotopic (exact) mass is 469 g/mol. The Balaban J connectivity index is 1.68. The number of carbonyl (C=O) groups is 1. The molecule has 1 amide bonds. The fourth-order valence-corrected chi connectivity index (χ4v) is 5.79. The number of benzene rings is 2. The Kier molecular flexibility index (Phi) is 6.56. The molecule has 1 fully saturated rings. The number of carbonyl (C=O) groups excluding carboxylic acids is 1. The van der Waals surface area contributed by atoms with Crippen LogP contribution in [0.4, 0.5) is 0 Å². The molecule has 0 spiro atoms. The van der Waals surface area contributed by atoms with Crippen LogP contribution in [0.1, 0.15) is 41.4 Å². The van der Waals surface area contributed by atoms with Gasteiger partial charge in [-0.1, -0.05) is 31.2 Å². The van der Waals surface area contributed by atoms with Crippen molar-refractivity contribution in [1.29, 1.82) is 0 Å². The van der Waals surface area contributed by atoms with Gasteiger partial charge in [0.15, 0.2) is 21.0 Å². The highest BCUT2D eigenvalue weighted by molar-refractivity contribution is 7.91. The number of sulfone groups is 1. The number of nitrogens with zero attached hydrogens (tertiary/aromatic N) is 1. The number of aryl methyl sites for hydroxylation is 1. The second kappa shape index (κ2) is 9.39. The average molecular weight is 470 g/mol. The molecule has 7 nitrogen and oxygen atoms in total. The largest absolute Gasteiger partial charge is 0.494 e. The van der Waals surface area contributed by atoms with E-state index in [-0.39, 0.29) is 29.2 Å². The van der Waals surface area contributed by atoms with E-state index in [2.05, 4.69) is 0 Å². The summed E-state index contributed by atoms with van der Waals surface area (Å²) >= 11 is 0. The zero-order chi connectivity index (χ0) is 23.6. The molecule has 1 aliphatic rings. The van der Waals surface area contributed by atoms with Crippen molar-refractivity contribution >= 4 is 26.7 Å². The summed E-state index contributed by atoms with van der Waals surface area (Å²) in [5, 5.41) is 0.407. The third-order valence-corrected chi connectivity index (χ3v) is 7.57. The molecule has 1 aromatic heterocycles. The number of ether oxygens (including phenoxy) is 1. The van der Waals surface area contributed by atoms with Crippen LogP contribution in [0, 0.1) is 6.92 Å². The van der Waals surface area contributed by atoms with Crippen LogP contribution in [0.5, 0.6) is 5.75 Å². The summed E-state index contributed by atoms with van der Waals surface area (Å²) in [5.41, 5.74) is 1.64. The van der Waals surface area contributed by atoms with E-state index in [4.69, 9.17) is 9.15 Å². The molecule has 0 saturated carbocycles. The van der Waals surface area contributed by atoms with E-state index in [0.717, 1.165) is 23.3 Å². The van der Waals surface area contributed by atoms with Gasteiger partial charge in [-0.2, -0.15) is 0 Å². The molecule has 4 rings (SSSR count). The van der Waals surface area contributed by atoms with Crippen molar-refractivity contribution in [2.24, 2.45) is 0 Å². The Morgan fingerprint density at radius 1 is 1.18 bits per heavy atom. The minimum atomic E-state index is -3.22. The van der Waals surface area contributed by atoms with E-state index in [1.54, 1.807) is 12.1 Å². The van der Waals surface area contributed by atoms with Gasteiger partial charge in [0.1, 0.15) is 11.3 Å². The first-order valence-corrected chi connectivity index (χ1v) is 12.9. The Labute approximate surface area is 192 Å². The van der Waals surface area contributed by atoms with Crippen LogP contribution in [0.25, 0.3) is 11.0 Å². The van der Waals surface area contributed by atoms with Crippen LogP contribution < -0.4 is 10.2 Å². The highest BCUT2D eigenvalue weighted by Gasteiger charge is 2.36. The molecule has 8 heteroatoms. The zero-order valence-corrected chi connectivity index (χ0v) is 19.6. The van der Waals surface area contributed by atoms with E-state index < -0.39 is 21.8 Å². The quantitative estimate of drug-likeness (QED) is 0.524. The van der Waals surface area contributed by atoms with E-state index in [1.165, 1.54) is 11.0 Å². The van der Waals surface area contributed by atoms with Gasteiger partial charge < -0.3 is 14.1 Å². The number of para-hydroxylation sites is 1. The number of amides is 1. The van der Waals surface area contributed by atoms with E-state index in [9.17, 15) is 18.0 Å². The first-order valence-electron chi connectivity index (χ1n) is 11.0. The van der Waals surface area contributed by atoms with Gasteiger partial charge >= 0.3 is 0 Å². The summed E-state index contributed by atoms with van der Waals surface area (Å²) in [5.74, 6) is 0.0804. The van der Waals surface area contributed by atoms with E-state index in [0.29, 0.717) is 24.0 Å². The third kappa shape index (κ3) is 5.11. The minimum absolute atomic E-state index is 0.0337. The topological polar surface area (TPSA) is 93.9 Å². The molecule has 0 aliphatic carbocycles. The van der Waals surface area contributed by atoms with Crippen LogP contribution in [0.2, 0.25) is 0 Å². The second-order valence-electron chi connectivity index (χ2n) is 8.41. The highest BCUT2D eigenvalue weighted by Crippen LogP contribution is 2.25. The van der Waals surface area contributed by atoms with Crippen LogP contribution in [0.3, 0.4) is 0 Å². The molecular weight excluding hydrogens is 442 g/mol. The van der Waals surface area contributed by atoms with Crippen LogP contribution in [-0.2, 0) is 16.4 Å². The maximum atomic E-state index is 13.5. The minimum Gasteiger partial charge on any atom is -0.494 e. The van der Waals surface area contributed by atoms with Crippen molar-refractivity contribution in [2.75, 3.05) is 18.1 Å². The average Bonchev–Trinajstić information content (AvgIpc) is 3.16. The van der Waals surface area contributed by atoms with Crippen molar-refractivity contribution in [3.63, 3.8) is 0 Å². The second-order valence-corrected chi connectivity index (χ2v) is 10.6. The molecule has 1 saturated heterocycles. The molecule has 0 radical (unpaired) electrons. The zero-order valence-electron chi connectivity index (χ0n) is 18.7. The maximum Gasteiger partial charge on any atom is 0.290 e. The van der Waals surface area contributed by atoms with E-state index >= 15 is 0 Å². The Bertz CT molecular complexity index is 1330. The Morgan fingerprint density at radius 2 is 1.94 bits per heavy atom. The van der Waals surface area contributed by atoms with Crippen LogP contribution in [-0.4, -0.2) is 43.4 Å². The fourth-order valence-electron chi connectivity index (χ4n) is 4.06. The smallest absolute Gasteiger partial charge is 0.290 e. The van der Waals surface area contributed by atoms with Crippen molar-refractivity contribution in [3.8, 4) is 5.75 Å². The van der Waals surface area contributed by atoms with Gasteiger partial charge in [-0.15, -0.1) is 0 Å². The SMILES string of the molecule is CCCOc1ccc(CN(C(=O)c2cc(=O)c3cccc(C)c3o2)C2CCS(=O)(=O)C2)cc1. The predicted octanol–water partition coefficient (Wildman–Crippen LogP) is 3.72. The normalized spacial score (nSPS) is 17.2. The molecule has 0 bridgehead atoms. The lowest BCUT2D eigenvalue weighted by Gasteiger charge is -2.28. The lowest BCUT2D eigenvalue weighted by Crippen LogP contribution is -2.40. The van der Waals surface area contributed by atoms with Gasteiger partial charge in [0.05, 0.1) is 23.5 Å². The molecule has 2 heterocycles. The summed E-state index contributed by atoms with van der Waals surface area (Å²) < 4.78 is 35.8. The number of hydrogen-bond donors (Lipinski definition) is 0.